The molecular weight excluding hydrogens is 209 g/mol. The molecule has 0 amide bonds. The molecule has 0 bridgehead atoms. The Morgan fingerprint density at radius 3 is 2.77 bits per heavy atom. The lowest BCUT2D eigenvalue weighted by molar-refractivity contribution is 0.232. The zero-order chi connectivity index (χ0) is 8.97. The molecule has 0 aliphatic carbocycles. The molecule has 0 saturated carbocycles. The van der Waals surface area contributed by atoms with Crippen molar-refractivity contribution in [3.05, 3.63) is 23.9 Å². The van der Waals surface area contributed by atoms with Crippen LogP contribution in [0.25, 0.3) is 0 Å². The minimum absolute atomic E-state index is 0. The molecular formula is C9H13Cl2NO. The van der Waals surface area contributed by atoms with Crippen LogP contribution in [0.4, 0.5) is 0 Å². The number of alkyl halides is 1. The van der Waals surface area contributed by atoms with Gasteiger partial charge in [0, 0.05) is 18.1 Å². The van der Waals surface area contributed by atoms with Crippen molar-refractivity contribution < 1.29 is 4.74 Å². The highest BCUT2D eigenvalue weighted by atomic mass is 35.5. The van der Waals surface area contributed by atoms with Gasteiger partial charge in [-0.25, -0.2) is 4.98 Å². The highest BCUT2D eigenvalue weighted by molar-refractivity contribution is 6.17. The van der Waals surface area contributed by atoms with Crippen molar-refractivity contribution in [1.29, 1.82) is 0 Å². The molecule has 0 spiro atoms. The van der Waals surface area contributed by atoms with Crippen molar-refractivity contribution >= 4 is 24.0 Å². The molecule has 0 fully saturated rings. The van der Waals surface area contributed by atoms with Crippen molar-refractivity contribution in [1.82, 2.24) is 4.98 Å². The summed E-state index contributed by atoms with van der Waals surface area (Å²) in [5.74, 6) is 1.14. The summed E-state index contributed by atoms with van der Waals surface area (Å²) in [6.45, 7) is 3.93. The zero-order valence-corrected chi connectivity index (χ0v) is 9.23. The van der Waals surface area contributed by atoms with Crippen molar-refractivity contribution in [3.8, 4) is 5.88 Å². The van der Waals surface area contributed by atoms with Gasteiger partial charge in [0.25, 0.3) is 0 Å². The van der Waals surface area contributed by atoms with Gasteiger partial charge in [0.05, 0.1) is 6.10 Å². The first-order valence-electron chi connectivity index (χ1n) is 3.90. The molecule has 0 saturated heterocycles. The molecule has 0 aliphatic rings. The maximum atomic E-state index is 5.65. The van der Waals surface area contributed by atoms with Gasteiger partial charge in [-0.2, -0.15) is 0 Å². The molecule has 1 aromatic heterocycles. The van der Waals surface area contributed by atoms with Gasteiger partial charge in [-0.15, -0.1) is 24.0 Å². The normalized spacial score (nSPS) is 9.54. The van der Waals surface area contributed by atoms with E-state index in [2.05, 4.69) is 4.98 Å². The third-order valence-electron chi connectivity index (χ3n) is 1.31. The first kappa shape index (κ1) is 12.5. The number of halogens is 2. The van der Waals surface area contributed by atoms with E-state index in [9.17, 15) is 0 Å². The van der Waals surface area contributed by atoms with E-state index in [-0.39, 0.29) is 18.5 Å². The standard InChI is InChI=1S/C9H12ClNO.ClH/c1-7(2)12-9-5-8(6-10)3-4-11-9;/h3-5,7H,6H2,1-2H3;1H. The number of aromatic nitrogens is 1. The molecule has 0 N–H and O–H groups in total. The smallest absolute Gasteiger partial charge is 0.213 e. The van der Waals surface area contributed by atoms with Gasteiger partial charge in [0.1, 0.15) is 0 Å². The number of hydrogen-bond donors (Lipinski definition) is 0. The molecule has 0 aliphatic heterocycles. The second-order valence-electron chi connectivity index (χ2n) is 2.80. The third-order valence-corrected chi connectivity index (χ3v) is 1.62. The Morgan fingerprint density at radius 2 is 2.23 bits per heavy atom. The van der Waals surface area contributed by atoms with E-state index in [1.54, 1.807) is 6.20 Å². The predicted molar refractivity (Wildman–Crippen MR) is 56.8 cm³/mol. The fourth-order valence-corrected chi connectivity index (χ4v) is 1.01. The molecule has 1 heterocycles. The summed E-state index contributed by atoms with van der Waals surface area (Å²) in [6.07, 6.45) is 1.86. The Labute approximate surface area is 89.7 Å². The van der Waals surface area contributed by atoms with Gasteiger partial charge in [0.15, 0.2) is 0 Å². The maximum Gasteiger partial charge on any atom is 0.213 e. The first-order valence-corrected chi connectivity index (χ1v) is 4.43. The van der Waals surface area contributed by atoms with Crippen LogP contribution in [0, 0.1) is 0 Å². The second kappa shape index (κ2) is 6.06. The van der Waals surface area contributed by atoms with E-state index in [1.807, 2.05) is 26.0 Å². The van der Waals surface area contributed by atoms with E-state index >= 15 is 0 Å². The number of ether oxygens (including phenoxy) is 1. The van der Waals surface area contributed by atoms with Crippen LogP contribution in [0.2, 0.25) is 0 Å². The highest BCUT2D eigenvalue weighted by Gasteiger charge is 1.99. The van der Waals surface area contributed by atoms with Gasteiger partial charge in [-0.1, -0.05) is 0 Å². The summed E-state index contributed by atoms with van der Waals surface area (Å²) >= 11 is 5.65. The summed E-state index contributed by atoms with van der Waals surface area (Å²) in [5.41, 5.74) is 1.03. The fourth-order valence-electron chi connectivity index (χ4n) is 0.840. The number of nitrogens with zero attached hydrogens (tertiary/aromatic N) is 1. The lowest BCUT2D eigenvalue weighted by Crippen LogP contribution is -2.06. The Hall–Kier alpha value is -0.470. The van der Waals surface area contributed by atoms with E-state index in [4.69, 9.17) is 16.3 Å². The van der Waals surface area contributed by atoms with E-state index in [0.717, 1.165) is 5.56 Å². The van der Waals surface area contributed by atoms with E-state index < -0.39 is 0 Å². The van der Waals surface area contributed by atoms with E-state index in [1.165, 1.54) is 0 Å². The summed E-state index contributed by atoms with van der Waals surface area (Å²) in [6, 6.07) is 3.73. The largest absolute Gasteiger partial charge is 0.475 e. The van der Waals surface area contributed by atoms with E-state index in [0.29, 0.717) is 11.8 Å². The second-order valence-corrected chi connectivity index (χ2v) is 3.07. The van der Waals surface area contributed by atoms with Crippen LogP contribution in [0.5, 0.6) is 5.88 Å². The molecule has 13 heavy (non-hydrogen) atoms. The minimum Gasteiger partial charge on any atom is -0.475 e. The molecule has 1 rings (SSSR count). The van der Waals surface area contributed by atoms with Crippen LogP contribution in [-0.4, -0.2) is 11.1 Å². The van der Waals surface area contributed by atoms with Crippen molar-refractivity contribution in [2.45, 2.75) is 25.8 Å². The highest BCUT2D eigenvalue weighted by Crippen LogP contribution is 2.12. The van der Waals surface area contributed by atoms with Gasteiger partial charge < -0.3 is 4.74 Å². The lowest BCUT2D eigenvalue weighted by atomic mass is 10.3. The monoisotopic (exact) mass is 221 g/mol. The van der Waals surface area contributed by atoms with Crippen LogP contribution >= 0.6 is 24.0 Å². The zero-order valence-electron chi connectivity index (χ0n) is 7.66. The van der Waals surface area contributed by atoms with Gasteiger partial charge in [0.2, 0.25) is 5.88 Å². The number of hydrogen-bond acceptors (Lipinski definition) is 2. The van der Waals surface area contributed by atoms with Gasteiger partial charge in [-0.3, -0.25) is 0 Å². The first-order chi connectivity index (χ1) is 5.72. The van der Waals surface area contributed by atoms with Crippen LogP contribution in [0.3, 0.4) is 0 Å². The molecule has 0 radical (unpaired) electrons. The average molecular weight is 222 g/mol. The lowest BCUT2D eigenvalue weighted by Gasteiger charge is -2.08. The predicted octanol–water partition coefficient (Wildman–Crippen LogP) is 3.03. The van der Waals surface area contributed by atoms with Crippen molar-refractivity contribution in [2.24, 2.45) is 0 Å². The summed E-state index contributed by atoms with van der Waals surface area (Å²) in [5, 5.41) is 0. The fraction of sp³-hybridized carbons (Fsp3) is 0.444. The third kappa shape index (κ3) is 4.34. The van der Waals surface area contributed by atoms with Crippen LogP contribution in [0.1, 0.15) is 19.4 Å². The van der Waals surface area contributed by atoms with Crippen LogP contribution < -0.4 is 4.74 Å². The van der Waals surface area contributed by atoms with Crippen molar-refractivity contribution in [3.63, 3.8) is 0 Å². The molecule has 0 aromatic carbocycles. The van der Waals surface area contributed by atoms with Crippen LogP contribution in [0.15, 0.2) is 18.3 Å². The minimum atomic E-state index is 0. The molecule has 0 atom stereocenters. The van der Waals surface area contributed by atoms with Gasteiger partial charge >= 0.3 is 0 Å². The summed E-state index contributed by atoms with van der Waals surface area (Å²) < 4.78 is 5.39. The van der Waals surface area contributed by atoms with Gasteiger partial charge in [-0.05, 0) is 25.5 Å². The topological polar surface area (TPSA) is 22.1 Å². The molecule has 1 aromatic rings. The Morgan fingerprint density at radius 1 is 1.54 bits per heavy atom. The summed E-state index contributed by atoms with van der Waals surface area (Å²) in [7, 11) is 0. The number of pyridine rings is 1. The SMILES string of the molecule is CC(C)Oc1cc(CCl)ccn1.Cl. The maximum absolute atomic E-state index is 5.65. The molecule has 74 valence electrons. The summed E-state index contributed by atoms with van der Waals surface area (Å²) in [4.78, 5) is 4.05. The van der Waals surface area contributed by atoms with Crippen molar-refractivity contribution in [2.75, 3.05) is 0 Å². The molecule has 2 nitrogen and oxygen atoms in total. The Kier molecular flexibility index (Phi) is 5.84. The number of rotatable bonds is 3. The quantitative estimate of drug-likeness (QED) is 0.733. The van der Waals surface area contributed by atoms with Crippen LogP contribution in [-0.2, 0) is 5.88 Å². The molecule has 4 heteroatoms. The molecule has 0 unspecified atom stereocenters. The Balaban J connectivity index is 0.00000144. The Bertz CT molecular complexity index is 253. The average Bonchev–Trinajstić information content (AvgIpc) is 2.03.